The second-order valence-corrected chi connectivity index (χ2v) is 13.3. The Kier molecular flexibility index (Phi) is 10.1. The number of benzene rings is 1. The van der Waals surface area contributed by atoms with E-state index in [0.29, 0.717) is 10.6 Å². The molecule has 256 valence electrons. The van der Waals surface area contributed by atoms with E-state index in [1.807, 2.05) is 0 Å². The van der Waals surface area contributed by atoms with Crippen LogP contribution in [0.3, 0.4) is 0 Å². The fourth-order valence-electron chi connectivity index (χ4n) is 6.35. The molecule has 0 aliphatic carbocycles. The number of amidine groups is 1. The first-order valence-corrected chi connectivity index (χ1v) is 16.1. The van der Waals surface area contributed by atoms with E-state index in [2.05, 4.69) is 10.3 Å². The third-order valence-electron chi connectivity index (χ3n) is 8.88. The fraction of sp³-hybridized carbons (Fsp3) is 0.548. The number of carbonyl (C=O) groups is 2. The van der Waals surface area contributed by atoms with Crippen LogP contribution in [0.25, 0.3) is 0 Å². The second-order valence-electron chi connectivity index (χ2n) is 12.5. The number of esters is 1. The molecule has 0 spiro atoms. The number of carbonyl (C=O) groups excluding carboxylic acids is 1. The van der Waals surface area contributed by atoms with Gasteiger partial charge in [0.25, 0.3) is 12.3 Å². The average molecular weight is 685 g/mol. The molecule has 3 aliphatic rings. The van der Waals surface area contributed by atoms with Crippen molar-refractivity contribution in [2.24, 2.45) is 10.4 Å². The minimum atomic E-state index is -3.38. The molecule has 0 saturated carbocycles. The number of ether oxygens (including phenoxy) is 1. The number of aromatic nitrogens is 1. The summed E-state index contributed by atoms with van der Waals surface area (Å²) in [4.78, 5) is 35.8. The maximum absolute atomic E-state index is 15.9. The smallest absolute Gasteiger partial charge is 0.338 e. The highest BCUT2D eigenvalue weighted by molar-refractivity contribution is 7.11. The Labute approximate surface area is 272 Å². The van der Waals surface area contributed by atoms with Crippen LogP contribution in [0.5, 0.6) is 0 Å². The van der Waals surface area contributed by atoms with Gasteiger partial charge in [-0.3, -0.25) is 14.7 Å². The van der Waals surface area contributed by atoms with Crippen LogP contribution in [0.4, 0.5) is 22.0 Å². The lowest BCUT2D eigenvalue weighted by Crippen LogP contribution is -2.51. The molecule has 5 rings (SSSR count). The van der Waals surface area contributed by atoms with Gasteiger partial charge >= 0.3 is 11.9 Å². The van der Waals surface area contributed by atoms with E-state index < -0.39 is 66.7 Å². The number of aliphatic carboxylic acids is 1. The average Bonchev–Trinajstić information content (AvgIpc) is 3.70. The zero-order valence-corrected chi connectivity index (χ0v) is 27.2. The van der Waals surface area contributed by atoms with Crippen molar-refractivity contribution in [1.29, 1.82) is 0 Å². The van der Waals surface area contributed by atoms with Crippen molar-refractivity contribution in [1.82, 2.24) is 25.2 Å². The van der Waals surface area contributed by atoms with Crippen LogP contribution in [-0.4, -0.2) is 107 Å². The molecule has 3 aliphatic heterocycles. The van der Waals surface area contributed by atoms with Crippen LogP contribution in [0.2, 0.25) is 0 Å². The van der Waals surface area contributed by atoms with Gasteiger partial charge in [0, 0.05) is 43.0 Å². The summed E-state index contributed by atoms with van der Waals surface area (Å²) in [6.07, 6.45) is -1.32. The molecule has 0 radical (unpaired) electrons. The maximum atomic E-state index is 15.9. The van der Waals surface area contributed by atoms with Crippen molar-refractivity contribution < 1.29 is 41.4 Å². The Morgan fingerprint density at radius 2 is 2.02 bits per heavy atom. The standard InChI is InChI=1S/C31H37F5N6O4S/c1-5-46-28(43)23-20(38-26(27-37-10-12-47-27)39-24(23)18-7-6-8-19(32)17(18)2)13-40-16-31(35,36)25-21(40)14-41(15-22(33)34)42(25)11-9-30(3,4)29(44)45/h6-8,10,12,21-22,24-25H,5,9,11,13-16H2,1-4H3,(H,38,39)(H,44,45)/t21-,24+,25+/m1/s1. The van der Waals surface area contributed by atoms with E-state index in [9.17, 15) is 27.9 Å². The number of carboxylic acid groups (broad SMARTS) is 1. The lowest BCUT2D eigenvalue weighted by molar-refractivity contribution is -0.150. The van der Waals surface area contributed by atoms with Gasteiger partial charge in [0.15, 0.2) is 10.8 Å². The number of aliphatic imine (C=N–C) groups is 1. The summed E-state index contributed by atoms with van der Waals surface area (Å²) in [7, 11) is 0. The van der Waals surface area contributed by atoms with Gasteiger partial charge in [0.05, 0.1) is 30.7 Å². The fourth-order valence-corrected chi connectivity index (χ4v) is 6.94. The van der Waals surface area contributed by atoms with Gasteiger partial charge in [-0.25, -0.2) is 41.7 Å². The van der Waals surface area contributed by atoms with Crippen molar-refractivity contribution in [3.05, 3.63) is 63.0 Å². The number of fused-ring (bicyclic) bond motifs is 1. The number of hydrogen-bond donors (Lipinski definition) is 2. The molecule has 1 aromatic heterocycles. The summed E-state index contributed by atoms with van der Waals surface area (Å²) < 4.78 is 79.4. The zero-order valence-electron chi connectivity index (χ0n) is 26.4. The topological polar surface area (TPSA) is 111 Å². The number of thiazole rings is 1. The van der Waals surface area contributed by atoms with Gasteiger partial charge in [-0.2, -0.15) is 0 Å². The lowest BCUT2D eigenvalue weighted by Gasteiger charge is -2.35. The van der Waals surface area contributed by atoms with Crippen molar-refractivity contribution in [3.63, 3.8) is 0 Å². The number of nitrogens with zero attached hydrogens (tertiary/aromatic N) is 5. The largest absolute Gasteiger partial charge is 0.481 e. The Morgan fingerprint density at radius 1 is 1.28 bits per heavy atom. The summed E-state index contributed by atoms with van der Waals surface area (Å²) in [6, 6.07) is 0.862. The molecule has 0 amide bonds. The molecule has 2 N–H and O–H groups in total. The molecule has 1 aromatic carbocycles. The van der Waals surface area contributed by atoms with E-state index in [1.165, 1.54) is 52.2 Å². The predicted octanol–water partition coefficient (Wildman–Crippen LogP) is 4.49. The number of alkyl halides is 4. The highest BCUT2D eigenvalue weighted by Crippen LogP contribution is 2.43. The van der Waals surface area contributed by atoms with Gasteiger partial charge in [-0.1, -0.05) is 12.1 Å². The molecule has 0 unspecified atom stereocenters. The zero-order chi connectivity index (χ0) is 34.3. The minimum Gasteiger partial charge on any atom is -0.481 e. The quantitative estimate of drug-likeness (QED) is 0.247. The number of nitrogens with one attached hydrogen (secondary N) is 1. The Hall–Kier alpha value is -3.47. The van der Waals surface area contributed by atoms with E-state index in [0.717, 1.165) is 0 Å². The van der Waals surface area contributed by atoms with Crippen LogP contribution in [0, 0.1) is 18.2 Å². The molecule has 16 heteroatoms. The number of carboxylic acids is 1. The number of hydrazine groups is 1. The Bertz CT molecular complexity index is 1550. The summed E-state index contributed by atoms with van der Waals surface area (Å²) in [6.45, 7) is 3.94. The molecule has 2 fully saturated rings. The molecule has 0 bridgehead atoms. The van der Waals surface area contributed by atoms with E-state index >= 15 is 8.78 Å². The van der Waals surface area contributed by atoms with Crippen LogP contribution in [0.15, 0.2) is 46.0 Å². The number of rotatable bonds is 12. The predicted molar refractivity (Wildman–Crippen MR) is 164 cm³/mol. The van der Waals surface area contributed by atoms with Gasteiger partial charge in [0.1, 0.15) is 17.9 Å². The minimum absolute atomic E-state index is 0.00421. The first kappa shape index (κ1) is 34.9. The SMILES string of the molecule is CCOC(=O)C1=C(CN2CC(F)(F)[C@@H]3[C@H]2CN(CC(F)F)N3CCC(C)(C)C(=O)O)NC(c2nccs2)=N[C@H]1c1cccc(F)c1C. The maximum Gasteiger partial charge on any atom is 0.338 e. The molecule has 2 aromatic rings. The molecule has 10 nitrogen and oxygen atoms in total. The number of halogens is 5. The first-order valence-electron chi connectivity index (χ1n) is 15.2. The Morgan fingerprint density at radius 3 is 2.66 bits per heavy atom. The van der Waals surface area contributed by atoms with Crippen LogP contribution >= 0.6 is 11.3 Å². The highest BCUT2D eigenvalue weighted by atomic mass is 32.1. The molecule has 3 atom stereocenters. The van der Waals surface area contributed by atoms with E-state index in [-0.39, 0.29) is 55.3 Å². The molecule has 47 heavy (non-hydrogen) atoms. The van der Waals surface area contributed by atoms with Gasteiger partial charge in [-0.05, 0) is 51.3 Å². The van der Waals surface area contributed by atoms with Crippen LogP contribution in [0.1, 0.15) is 49.4 Å². The summed E-state index contributed by atoms with van der Waals surface area (Å²) in [5.74, 6) is -5.54. The van der Waals surface area contributed by atoms with Crippen molar-refractivity contribution in [2.45, 2.75) is 64.6 Å². The van der Waals surface area contributed by atoms with Gasteiger partial charge in [0.2, 0.25) is 0 Å². The molecular weight excluding hydrogens is 647 g/mol. The van der Waals surface area contributed by atoms with Crippen molar-refractivity contribution >= 4 is 29.1 Å². The van der Waals surface area contributed by atoms with Crippen LogP contribution < -0.4 is 5.32 Å². The molecule has 2 saturated heterocycles. The van der Waals surface area contributed by atoms with Crippen molar-refractivity contribution in [3.8, 4) is 0 Å². The lowest BCUT2D eigenvalue weighted by atomic mass is 9.89. The van der Waals surface area contributed by atoms with Gasteiger partial charge < -0.3 is 15.2 Å². The van der Waals surface area contributed by atoms with Crippen LogP contribution in [-0.2, 0) is 14.3 Å². The normalized spacial score (nSPS) is 23.6. The van der Waals surface area contributed by atoms with E-state index in [4.69, 9.17) is 9.73 Å². The van der Waals surface area contributed by atoms with Crippen molar-refractivity contribution in [2.75, 3.05) is 39.3 Å². The second kappa shape index (κ2) is 13.6. The van der Waals surface area contributed by atoms with E-state index in [1.54, 1.807) is 31.5 Å². The third kappa shape index (κ3) is 7.05. The Balaban J connectivity index is 1.55. The summed E-state index contributed by atoms with van der Waals surface area (Å²) in [5, 5.41) is 17.2. The monoisotopic (exact) mass is 684 g/mol. The molecular formula is C31H37F5N6O4S. The molecule has 4 heterocycles. The first-order chi connectivity index (χ1) is 22.1. The van der Waals surface area contributed by atoms with Gasteiger partial charge in [-0.15, -0.1) is 11.3 Å². The summed E-state index contributed by atoms with van der Waals surface area (Å²) in [5.41, 5.74) is -0.450. The number of hydrogen-bond acceptors (Lipinski definition) is 10. The summed E-state index contributed by atoms with van der Waals surface area (Å²) >= 11 is 1.25. The third-order valence-corrected chi connectivity index (χ3v) is 9.66. The number of likely N-dealkylation sites (tertiary alicyclic amines) is 1. The highest BCUT2D eigenvalue weighted by Gasteiger charge is 2.62.